The molecule has 2 amide bonds. The van der Waals surface area contributed by atoms with Crippen molar-refractivity contribution in [2.45, 2.75) is 51.6 Å². The number of halogens is 1. The highest BCUT2D eigenvalue weighted by Gasteiger charge is 2.27. The highest BCUT2D eigenvalue weighted by Crippen LogP contribution is 2.19. The molecule has 0 aliphatic rings. The van der Waals surface area contributed by atoms with Crippen LogP contribution in [0, 0.1) is 0 Å². The summed E-state index contributed by atoms with van der Waals surface area (Å²) in [6.07, 6.45) is 1.76. The van der Waals surface area contributed by atoms with E-state index in [0.29, 0.717) is 6.54 Å². The molecule has 0 spiro atoms. The average Bonchev–Trinajstić information content (AvgIpc) is 2.52. The molecule has 1 aromatic carbocycles. The largest absolute Gasteiger partial charge is 0.349 e. The van der Waals surface area contributed by atoms with Crippen LogP contribution in [0.4, 0.5) is 0 Å². The lowest BCUT2D eigenvalue weighted by Crippen LogP contribution is -2.53. The summed E-state index contributed by atoms with van der Waals surface area (Å²) in [5, 5.41) is 5.87. The zero-order valence-corrected chi connectivity index (χ0v) is 14.9. The fraction of sp³-hybridized carbons (Fsp3) is 0.529. The van der Waals surface area contributed by atoms with E-state index < -0.39 is 0 Å². The lowest BCUT2D eigenvalue weighted by Gasteiger charge is -2.32. The number of nitrogens with two attached hydrogens (primary N) is 1. The highest BCUT2D eigenvalue weighted by molar-refractivity contribution is 5.85. The normalized spacial score (nSPS) is 12.0. The lowest BCUT2D eigenvalue weighted by atomic mass is 9.92. The molecule has 5 nitrogen and oxygen atoms in total. The average molecular weight is 342 g/mol. The number of carbonyl (C=O) groups is 2. The molecule has 0 fully saturated rings. The molecule has 6 heteroatoms. The minimum atomic E-state index is -0.367. The summed E-state index contributed by atoms with van der Waals surface area (Å²) in [5.74, 6) is -0.255. The van der Waals surface area contributed by atoms with Gasteiger partial charge in [-0.3, -0.25) is 9.59 Å². The second kappa shape index (κ2) is 10.2. The first-order valence-electron chi connectivity index (χ1n) is 7.79. The van der Waals surface area contributed by atoms with Crippen LogP contribution in [-0.2, 0) is 9.59 Å². The number of hydrogen-bond donors (Lipinski definition) is 3. The third kappa shape index (κ3) is 6.59. The van der Waals surface area contributed by atoms with Gasteiger partial charge in [-0.25, -0.2) is 0 Å². The van der Waals surface area contributed by atoms with Gasteiger partial charge in [0.1, 0.15) is 0 Å². The van der Waals surface area contributed by atoms with E-state index in [4.69, 9.17) is 5.73 Å². The van der Waals surface area contributed by atoms with Crippen molar-refractivity contribution >= 4 is 24.2 Å². The van der Waals surface area contributed by atoms with Crippen LogP contribution in [0.5, 0.6) is 0 Å². The van der Waals surface area contributed by atoms with Crippen LogP contribution >= 0.6 is 12.4 Å². The van der Waals surface area contributed by atoms with Crippen molar-refractivity contribution in [3.05, 3.63) is 35.9 Å². The van der Waals surface area contributed by atoms with Gasteiger partial charge in [0.05, 0.1) is 18.0 Å². The fourth-order valence-corrected chi connectivity index (χ4v) is 2.48. The second-order valence-electron chi connectivity index (χ2n) is 5.61. The first-order valence-corrected chi connectivity index (χ1v) is 7.79. The fourth-order valence-electron chi connectivity index (χ4n) is 2.48. The smallest absolute Gasteiger partial charge is 0.222 e. The Bertz CT molecular complexity index is 482. The molecule has 23 heavy (non-hydrogen) atoms. The van der Waals surface area contributed by atoms with E-state index in [1.165, 1.54) is 6.92 Å². The number of carbonyl (C=O) groups excluding carboxylic acids is 2. The molecule has 130 valence electrons. The summed E-state index contributed by atoms with van der Waals surface area (Å²) in [6.45, 7) is 5.89. The van der Waals surface area contributed by atoms with E-state index in [1.807, 2.05) is 44.2 Å². The first kappa shape index (κ1) is 21.4. The molecule has 1 aromatic rings. The van der Waals surface area contributed by atoms with Crippen molar-refractivity contribution in [1.82, 2.24) is 10.6 Å². The lowest BCUT2D eigenvalue weighted by molar-refractivity contribution is -0.124. The van der Waals surface area contributed by atoms with Crippen molar-refractivity contribution in [2.24, 2.45) is 5.73 Å². The van der Waals surface area contributed by atoms with Gasteiger partial charge in [-0.05, 0) is 18.4 Å². The van der Waals surface area contributed by atoms with E-state index in [0.717, 1.165) is 18.4 Å². The van der Waals surface area contributed by atoms with Crippen molar-refractivity contribution in [2.75, 3.05) is 6.54 Å². The van der Waals surface area contributed by atoms with Crippen molar-refractivity contribution in [3.8, 4) is 0 Å². The maximum absolute atomic E-state index is 12.4. The molecule has 0 aliphatic carbocycles. The zero-order chi connectivity index (χ0) is 16.6. The molecular weight excluding hydrogens is 314 g/mol. The maximum Gasteiger partial charge on any atom is 0.222 e. The van der Waals surface area contributed by atoms with Crippen LogP contribution in [0.25, 0.3) is 0 Å². The monoisotopic (exact) mass is 341 g/mol. The minimum absolute atomic E-state index is 0. The molecule has 1 rings (SSSR count). The number of hydrogen-bond acceptors (Lipinski definition) is 3. The first-order chi connectivity index (χ1) is 10.5. The van der Waals surface area contributed by atoms with E-state index in [1.54, 1.807) is 0 Å². The molecule has 1 atom stereocenters. The summed E-state index contributed by atoms with van der Waals surface area (Å²) >= 11 is 0. The van der Waals surface area contributed by atoms with E-state index in [-0.39, 0.29) is 42.2 Å². The van der Waals surface area contributed by atoms with Gasteiger partial charge >= 0.3 is 0 Å². The Morgan fingerprint density at radius 2 is 1.74 bits per heavy atom. The zero-order valence-electron chi connectivity index (χ0n) is 14.1. The minimum Gasteiger partial charge on any atom is -0.349 e. The standard InChI is InChI=1S/C17H27N3O2.ClH/c1-4-17(5-2,12-18)20-16(22)11-15(19-13(3)21)14-9-7-6-8-10-14;/h6-10,15H,4-5,11-12,18H2,1-3H3,(H,19,21)(H,20,22);1H. The van der Waals surface area contributed by atoms with Crippen LogP contribution in [0.2, 0.25) is 0 Å². The Kier molecular flexibility index (Phi) is 9.53. The van der Waals surface area contributed by atoms with E-state index in [9.17, 15) is 9.59 Å². The molecular formula is C17H28ClN3O2. The summed E-state index contributed by atoms with van der Waals surface area (Å²) in [5.41, 5.74) is 6.36. The van der Waals surface area contributed by atoms with Gasteiger partial charge in [-0.2, -0.15) is 0 Å². The highest BCUT2D eigenvalue weighted by atomic mass is 35.5. The van der Waals surface area contributed by atoms with Crippen LogP contribution < -0.4 is 16.4 Å². The van der Waals surface area contributed by atoms with Gasteiger partial charge in [0.2, 0.25) is 11.8 Å². The maximum atomic E-state index is 12.4. The second-order valence-corrected chi connectivity index (χ2v) is 5.61. The van der Waals surface area contributed by atoms with Crippen LogP contribution in [-0.4, -0.2) is 23.9 Å². The van der Waals surface area contributed by atoms with Gasteiger partial charge in [0.15, 0.2) is 0 Å². The van der Waals surface area contributed by atoms with Gasteiger partial charge in [0.25, 0.3) is 0 Å². The molecule has 0 saturated carbocycles. The van der Waals surface area contributed by atoms with Gasteiger partial charge in [0, 0.05) is 13.5 Å². The summed E-state index contributed by atoms with van der Waals surface area (Å²) < 4.78 is 0. The van der Waals surface area contributed by atoms with E-state index in [2.05, 4.69) is 10.6 Å². The molecule has 0 aliphatic heterocycles. The number of amides is 2. The third-order valence-electron chi connectivity index (χ3n) is 4.12. The summed E-state index contributed by atoms with van der Waals surface area (Å²) in [6, 6.07) is 9.17. The molecule has 4 N–H and O–H groups in total. The Labute approximate surface area is 144 Å². The summed E-state index contributed by atoms with van der Waals surface area (Å²) in [4.78, 5) is 23.8. The van der Waals surface area contributed by atoms with Gasteiger partial charge in [-0.15, -0.1) is 12.4 Å². The number of nitrogens with one attached hydrogen (secondary N) is 2. The van der Waals surface area contributed by atoms with Crippen molar-refractivity contribution < 1.29 is 9.59 Å². The predicted molar refractivity (Wildman–Crippen MR) is 95.4 cm³/mol. The molecule has 0 saturated heterocycles. The van der Waals surface area contributed by atoms with E-state index >= 15 is 0 Å². The summed E-state index contributed by atoms with van der Waals surface area (Å²) in [7, 11) is 0. The quantitative estimate of drug-likeness (QED) is 0.678. The number of benzene rings is 1. The number of rotatable bonds is 8. The predicted octanol–water partition coefficient (Wildman–Crippen LogP) is 2.31. The molecule has 0 bridgehead atoms. The van der Waals surface area contributed by atoms with Gasteiger partial charge in [-0.1, -0.05) is 44.2 Å². The Balaban J connectivity index is 0.00000484. The van der Waals surface area contributed by atoms with Crippen molar-refractivity contribution in [3.63, 3.8) is 0 Å². The SMILES string of the molecule is CCC(CC)(CN)NC(=O)CC(NC(C)=O)c1ccccc1.Cl. The molecule has 0 aromatic heterocycles. The van der Waals surface area contributed by atoms with Crippen molar-refractivity contribution in [1.29, 1.82) is 0 Å². The van der Waals surface area contributed by atoms with Crippen LogP contribution in [0.1, 0.15) is 51.6 Å². The Morgan fingerprint density at radius 1 is 1.17 bits per heavy atom. The molecule has 0 radical (unpaired) electrons. The Hall–Kier alpha value is -1.59. The van der Waals surface area contributed by atoms with Crippen LogP contribution in [0.15, 0.2) is 30.3 Å². The van der Waals surface area contributed by atoms with Gasteiger partial charge < -0.3 is 16.4 Å². The topological polar surface area (TPSA) is 84.2 Å². The Morgan fingerprint density at radius 3 is 2.17 bits per heavy atom. The van der Waals surface area contributed by atoms with Crippen LogP contribution in [0.3, 0.4) is 0 Å². The molecule has 0 heterocycles. The molecule has 1 unspecified atom stereocenters. The third-order valence-corrected chi connectivity index (χ3v) is 4.12.